The van der Waals surface area contributed by atoms with E-state index in [1.807, 2.05) is 49.4 Å². The molecule has 0 radical (unpaired) electrons. The van der Waals surface area contributed by atoms with Crippen LogP contribution in [0.5, 0.6) is 5.75 Å². The Balaban J connectivity index is 1.68. The molecule has 7 heteroatoms. The van der Waals surface area contributed by atoms with Gasteiger partial charge < -0.3 is 9.53 Å². The molecule has 0 bridgehead atoms. The second-order valence-corrected chi connectivity index (χ2v) is 18.4. The van der Waals surface area contributed by atoms with E-state index in [0.29, 0.717) is 48.1 Å². The summed E-state index contributed by atoms with van der Waals surface area (Å²) in [4.78, 5) is 15.5. The molecule has 1 aliphatic rings. The van der Waals surface area contributed by atoms with Gasteiger partial charge in [0, 0.05) is 27.6 Å². The van der Waals surface area contributed by atoms with Crippen LogP contribution in [0.15, 0.2) is 51.4 Å². The molecule has 2 aromatic rings. The van der Waals surface area contributed by atoms with Crippen molar-refractivity contribution in [2.24, 2.45) is 0 Å². The van der Waals surface area contributed by atoms with Crippen LogP contribution in [-0.4, -0.2) is 43.2 Å². The number of benzene rings is 2. The summed E-state index contributed by atoms with van der Waals surface area (Å²) in [6, 6.07) is 13.4. The van der Waals surface area contributed by atoms with Gasteiger partial charge in [0.05, 0.1) is 11.6 Å². The highest BCUT2D eigenvalue weighted by Crippen LogP contribution is 2.43. The van der Waals surface area contributed by atoms with Gasteiger partial charge in [-0.2, -0.15) is 0 Å². The van der Waals surface area contributed by atoms with Crippen molar-refractivity contribution in [3.8, 4) is 5.75 Å². The van der Waals surface area contributed by atoms with Gasteiger partial charge in [-0.1, -0.05) is 73.4 Å². The Morgan fingerprint density at radius 2 is 1.36 bits per heavy atom. The third kappa shape index (κ3) is 6.17. The van der Waals surface area contributed by atoms with Crippen molar-refractivity contribution in [2.45, 2.75) is 89.6 Å². The standard InChI is InChI=1S/C29H41Br2NO3Si/c1-19(2)36(20(3)4,21(5)6)35-27-10-8-23(9-11-27)28(33)22(7)32-14-12-29(34,13-15-32)24-16-25(30)18-26(31)17-24/h8-11,16-22,34H,12-15H2,1-7H3. The zero-order valence-electron chi connectivity index (χ0n) is 22.6. The molecule has 0 spiro atoms. The number of rotatable bonds is 9. The van der Waals surface area contributed by atoms with Crippen molar-refractivity contribution in [3.05, 3.63) is 62.5 Å². The van der Waals surface area contributed by atoms with E-state index in [1.165, 1.54) is 0 Å². The van der Waals surface area contributed by atoms with Crippen molar-refractivity contribution < 1.29 is 14.3 Å². The second kappa shape index (κ2) is 11.8. The first-order chi connectivity index (χ1) is 16.8. The molecule has 3 rings (SSSR count). The number of carbonyl (C=O) groups is 1. The van der Waals surface area contributed by atoms with Gasteiger partial charge in [-0.15, -0.1) is 0 Å². The average molecular weight is 640 g/mol. The smallest absolute Gasteiger partial charge is 0.258 e. The van der Waals surface area contributed by atoms with Gasteiger partial charge >= 0.3 is 0 Å². The first-order valence-electron chi connectivity index (χ1n) is 13.1. The summed E-state index contributed by atoms with van der Waals surface area (Å²) in [5.74, 6) is 0.975. The number of ketones is 1. The molecule has 36 heavy (non-hydrogen) atoms. The number of nitrogens with zero attached hydrogens (tertiary/aromatic N) is 1. The maximum absolute atomic E-state index is 13.3. The summed E-state index contributed by atoms with van der Waals surface area (Å²) in [5, 5.41) is 11.3. The number of aliphatic hydroxyl groups is 1. The molecule has 0 amide bonds. The number of hydrogen-bond acceptors (Lipinski definition) is 4. The summed E-state index contributed by atoms with van der Waals surface area (Å²) >= 11 is 7.05. The fraction of sp³-hybridized carbons (Fsp3) is 0.552. The van der Waals surface area contributed by atoms with Gasteiger partial charge in [-0.05, 0) is 84.4 Å². The molecule has 1 heterocycles. The van der Waals surface area contributed by atoms with Crippen LogP contribution < -0.4 is 4.43 Å². The number of Topliss-reactive ketones (excluding diaryl/α,β-unsaturated/α-hetero) is 1. The number of likely N-dealkylation sites (tertiary alicyclic amines) is 1. The minimum absolute atomic E-state index is 0.109. The van der Waals surface area contributed by atoms with Crippen LogP contribution >= 0.6 is 31.9 Å². The zero-order chi connectivity index (χ0) is 26.8. The molecule has 1 saturated heterocycles. The van der Waals surface area contributed by atoms with Crippen LogP contribution in [0, 0.1) is 0 Å². The summed E-state index contributed by atoms with van der Waals surface area (Å²) in [6.45, 7) is 17.0. The molecule has 1 unspecified atom stereocenters. The van der Waals surface area contributed by atoms with Crippen LogP contribution in [0.1, 0.15) is 77.2 Å². The van der Waals surface area contributed by atoms with E-state index in [9.17, 15) is 9.90 Å². The number of piperidine rings is 1. The summed E-state index contributed by atoms with van der Waals surface area (Å²) in [7, 11) is -2.03. The molecular weight excluding hydrogens is 598 g/mol. The van der Waals surface area contributed by atoms with E-state index in [-0.39, 0.29) is 11.8 Å². The Morgan fingerprint density at radius 3 is 1.81 bits per heavy atom. The Hall–Kier alpha value is -0.993. The molecule has 4 nitrogen and oxygen atoms in total. The lowest BCUT2D eigenvalue weighted by Crippen LogP contribution is -2.50. The minimum Gasteiger partial charge on any atom is -0.543 e. The minimum atomic E-state index is -2.03. The summed E-state index contributed by atoms with van der Waals surface area (Å²) < 4.78 is 8.64. The quantitative estimate of drug-likeness (QED) is 0.222. The highest BCUT2D eigenvalue weighted by Gasteiger charge is 2.47. The number of hydrogen-bond donors (Lipinski definition) is 1. The van der Waals surface area contributed by atoms with Crippen molar-refractivity contribution >= 4 is 46.0 Å². The second-order valence-electron chi connectivity index (χ2n) is 11.2. The highest BCUT2D eigenvalue weighted by atomic mass is 79.9. The van der Waals surface area contributed by atoms with Crippen LogP contribution in [0.4, 0.5) is 0 Å². The predicted molar refractivity (Wildman–Crippen MR) is 158 cm³/mol. The average Bonchev–Trinajstić information content (AvgIpc) is 2.81. The molecule has 0 aromatic heterocycles. The van der Waals surface area contributed by atoms with Crippen molar-refractivity contribution in [2.75, 3.05) is 13.1 Å². The number of halogens is 2. The van der Waals surface area contributed by atoms with Gasteiger partial charge in [0.1, 0.15) is 5.75 Å². The SMILES string of the molecule is CC(C(=O)c1ccc(O[Si](C(C)C)(C(C)C)C(C)C)cc1)N1CCC(O)(c2cc(Br)cc(Br)c2)CC1. The first-order valence-corrected chi connectivity index (χ1v) is 16.8. The zero-order valence-corrected chi connectivity index (χ0v) is 26.8. The van der Waals surface area contributed by atoms with E-state index in [4.69, 9.17) is 4.43 Å². The molecule has 0 saturated carbocycles. The van der Waals surface area contributed by atoms with Crippen LogP contribution in [-0.2, 0) is 5.60 Å². The van der Waals surface area contributed by atoms with Gasteiger partial charge in [0.25, 0.3) is 8.32 Å². The van der Waals surface area contributed by atoms with Crippen LogP contribution in [0.25, 0.3) is 0 Å². The van der Waals surface area contributed by atoms with Crippen molar-refractivity contribution in [3.63, 3.8) is 0 Å². The van der Waals surface area contributed by atoms with E-state index in [0.717, 1.165) is 20.3 Å². The van der Waals surface area contributed by atoms with Gasteiger partial charge in [0.2, 0.25) is 0 Å². The molecule has 1 atom stereocenters. The summed E-state index contributed by atoms with van der Waals surface area (Å²) in [6.07, 6.45) is 1.18. The largest absolute Gasteiger partial charge is 0.543 e. The Labute approximate surface area is 235 Å². The fourth-order valence-corrected chi connectivity index (χ4v) is 12.6. The molecule has 1 N–H and O–H groups in total. The Morgan fingerprint density at radius 1 is 0.889 bits per heavy atom. The Bertz CT molecular complexity index is 1000. The lowest BCUT2D eigenvalue weighted by Gasteiger charge is -2.42. The Kier molecular flexibility index (Phi) is 9.70. The first kappa shape index (κ1) is 29.6. The van der Waals surface area contributed by atoms with Crippen LogP contribution in [0.3, 0.4) is 0 Å². The fourth-order valence-electron chi connectivity index (χ4n) is 6.04. The maximum Gasteiger partial charge on any atom is 0.258 e. The van der Waals surface area contributed by atoms with Gasteiger partial charge in [0.15, 0.2) is 5.78 Å². The molecule has 1 aliphatic heterocycles. The molecule has 2 aromatic carbocycles. The topological polar surface area (TPSA) is 49.8 Å². The van der Waals surface area contributed by atoms with Gasteiger partial charge in [-0.25, -0.2) is 0 Å². The van der Waals surface area contributed by atoms with E-state index in [1.54, 1.807) is 0 Å². The summed E-state index contributed by atoms with van der Waals surface area (Å²) in [5.41, 5.74) is 2.21. The third-order valence-electron chi connectivity index (χ3n) is 8.09. The van der Waals surface area contributed by atoms with E-state index < -0.39 is 13.9 Å². The van der Waals surface area contributed by atoms with E-state index in [2.05, 4.69) is 78.3 Å². The molecule has 1 fully saturated rings. The van der Waals surface area contributed by atoms with Crippen molar-refractivity contribution in [1.29, 1.82) is 0 Å². The predicted octanol–water partition coefficient (Wildman–Crippen LogP) is 8.32. The normalized spacial score (nSPS) is 17.6. The molecule has 0 aliphatic carbocycles. The maximum atomic E-state index is 13.3. The lowest BCUT2D eigenvalue weighted by atomic mass is 9.84. The number of carbonyl (C=O) groups excluding carboxylic acids is 1. The lowest BCUT2D eigenvalue weighted by molar-refractivity contribution is -0.0319. The van der Waals surface area contributed by atoms with Crippen LogP contribution in [0.2, 0.25) is 16.6 Å². The van der Waals surface area contributed by atoms with Gasteiger partial charge in [-0.3, -0.25) is 9.69 Å². The third-order valence-corrected chi connectivity index (χ3v) is 15.0. The highest BCUT2D eigenvalue weighted by molar-refractivity contribution is 9.11. The van der Waals surface area contributed by atoms with E-state index >= 15 is 0 Å². The van der Waals surface area contributed by atoms with Crippen molar-refractivity contribution in [1.82, 2.24) is 4.90 Å². The monoisotopic (exact) mass is 637 g/mol. The molecule has 198 valence electrons. The molecular formula is C29H41Br2NO3Si.